The summed E-state index contributed by atoms with van der Waals surface area (Å²) in [7, 11) is 2.14. The molecule has 2 fully saturated rings. The van der Waals surface area contributed by atoms with Gasteiger partial charge in [0.1, 0.15) is 0 Å². The molecule has 1 saturated heterocycles. The molecule has 1 heterocycles. The van der Waals surface area contributed by atoms with Gasteiger partial charge in [0.2, 0.25) is 5.91 Å². The number of rotatable bonds is 1. The van der Waals surface area contributed by atoms with E-state index in [0.29, 0.717) is 17.9 Å². The monoisotopic (exact) mass is 253 g/mol. The fourth-order valence-electron chi connectivity index (χ4n) is 3.31. The highest BCUT2D eigenvalue weighted by Gasteiger charge is 2.33. The van der Waals surface area contributed by atoms with Crippen LogP contribution in [0.5, 0.6) is 0 Å². The van der Waals surface area contributed by atoms with E-state index in [1.165, 1.54) is 0 Å². The van der Waals surface area contributed by atoms with Crippen LogP contribution in [0.15, 0.2) is 0 Å². The summed E-state index contributed by atoms with van der Waals surface area (Å²) in [6.07, 6.45) is 4.09. The molecule has 2 rings (SSSR count). The largest absolute Gasteiger partial charge is 0.341 e. The Bertz CT molecular complexity index is 295. The number of nitrogens with zero attached hydrogens (tertiary/aromatic N) is 2. The molecule has 4 nitrogen and oxygen atoms in total. The molecule has 1 aliphatic heterocycles. The number of amides is 1. The third-order valence-electron chi connectivity index (χ3n) is 4.56. The molecule has 1 saturated carbocycles. The van der Waals surface area contributed by atoms with Gasteiger partial charge in [-0.05, 0) is 45.2 Å². The lowest BCUT2D eigenvalue weighted by molar-refractivity contribution is -0.138. The maximum Gasteiger partial charge on any atom is 0.225 e. The van der Waals surface area contributed by atoms with Crippen LogP contribution >= 0.6 is 0 Å². The zero-order chi connectivity index (χ0) is 13.1. The molecule has 3 unspecified atom stereocenters. The van der Waals surface area contributed by atoms with Crippen molar-refractivity contribution in [2.24, 2.45) is 17.6 Å². The Morgan fingerprint density at radius 3 is 2.67 bits per heavy atom. The van der Waals surface area contributed by atoms with Crippen LogP contribution in [0.2, 0.25) is 0 Å². The fourth-order valence-corrected chi connectivity index (χ4v) is 3.31. The molecule has 3 atom stereocenters. The summed E-state index contributed by atoms with van der Waals surface area (Å²) in [6, 6.07) is 0.305. The van der Waals surface area contributed by atoms with E-state index in [-0.39, 0.29) is 5.92 Å². The fraction of sp³-hybridized carbons (Fsp3) is 0.929. The molecule has 18 heavy (non-hydrogen) atoms. The van der Waals surface area contributed by atoms with E-state index >= 15 is 0 Å². The molecule has 0 aromatic rings. The van der Waals surface area contributed by atoms with Gasteiger partial charge in [0, 0.05) is 31.6 Å². The minimum atomic E-state index is 0.216. The van der Waals surface area contributed by atoms with Gasteiger partial charge in [-0.3, -0.25) is 4.79 Å². The van der Waals surface area contributed by atoms with Crippen molar-refractivity contribution in [1.29, 1.82) is 0 Å². The molecular weight excluding hydrogens is 226 g/mol. The maximum absolute atomic E-state index is 12.6. The average molecular weight is 253 g/mol. The molecule has 104 valence electrons. The van der Waals surface area contributed by atoms with Crippen molar-refractivity contribution >= 4 is 5.91 Å². The first-order valence-corrected chi connectivity index (χ1v) is 7.31. The highest BCUT2D eigenvalue weighted by molar-refractivity contribution is 5.79. The van der Waals surface area contributed by atoms with Crippen molar-refractivity contribution in [3.63, 3.8) is 0 Å². The van der Waals surface area contributed by atoms with E-state index in [1.54, 1.807) is 0 Å². The molecule has 0 bridgehead atoms. The van der Waals surface area contributed by atoms with Gasteiger partial charge < -0.3 is 15.5 Å². The van der Waals surface area contributed by atoms with Gasteiger partial charge in [-0.2, -0.15) is 0 Å². The van der Waals surface area contributed by atoms with Crippen LogP contribution in [0.4, 0.5) is 0 Å². The van der Waals surface area contributed by atoms with Crippen molar-refractivity contribution in [1.82, 2.24) is 9.80 Å². The number of carbonyl (C=O) groups excluding carboxylic acids is 1. The Hall–Kier alpha value is -0.610. The topological polar surface area (TPSA) is 49.6 Å². The van der Waals surface area contributed by atoms with Crippen LogP contribution in [0, 0.1) is 11.8 Å². The van der Waals surface area contributed by atoms with E-state index in [9.17, 15) is 4.79 Å². The van der Waals surface area contributed by atoms with Crippen LogP contribution in [0.25, 0.3) is 0 Å². The number of hydrogen-bond acceptors (Lipinski definition) is 3. The van der Waals surface area contributed by atoms with Gasteiger partial charge in [0.15, 0.2) is 0 Å². The second-order valence-corrected chi connectivity index (χ2v) is 6.14. The molecule has 0 spiro atoms. The molecule has 4 heteroatoms. The van der Waals surface area contributed by atoms with Gasteiger partial charge >= 0.3 is 0 Å². The van der Waals surface area contributed by atoms with Gasteiger partial charge in [-0.1, -0.05) is 6.92 Å². The van der Waals surface area contributed by atoms with Crippen molar-refractivity contribution < 1.29 is 4.79 Å². The summed E-state index contributed by atoms with van der Waals surface area (Å²) in [5.41, 5.74) is 5.98. The summed E-state index contributed by atoms with van der Waals surface area (Å²) in [5, 5.41) is 0. The van der Waals surface area contributed by atoms with Gasteiger partial charge in [0.05, 0.1) is 0 Å². The normalized spacial score (nSPS) is 35.3. The predicted molar refractivity (Wildman–Crippen MR) is 73.2 cm³/mol. The summed E-state index contributed by atoms with van der Waals surface area (Å²) in [5.74, 6) is 1.04. The number of likely N-dealkylation sites (N-methyl/N-ethyl adjacent to an activating group) is 1. The summed E-state index contributed by atoms with van der Waals surface area (Å²) in [6.45, 7) is 6.12. The third kappa shape index (κ3) is 3.23. The second kappa shape index (κ2) is 6.02. The van der Waals surface area contributed by atoms with Crippen molar-refractivity contribution in [3.8, 4) is 0 Å². The van der Waals surface area contributed by atoms with Gasteiger partial charge in [0.25, 0.3) is 0 Å². The summed E-state index contributed by atoms with van der Waals surface area (Å²) >= 11 is 0. The molecular formula is C14H27N3O. The second-order valence-electron chi connectivity index (χ2n) is 6.14. The van der Waals surface area contributed by atoms with E-state index in [4.69, 9.17) is 5.73 Å². The third-order valence-corrected chi connectivity index (χ3v) is 4.56. The van der Waals surface area contributed by atoms with Gasteiger partial charge in [-0.15, -0.1) is 0 Å². The SMILES string of the molecule is CC1CC(N)CCC1C(=O)N1CCCN(C)CC1. The number of nitrogens with two attached hydrogens (primary N) is 1. The molecule has 0 aromatic heterocycles. The van der Waals surface area contributed by atoms with Crippen molar-refractivity contribution in [2.45, 2.75) is 38.6 Å². The van der Waals surface area contributed by atoms with Crippen LogP contribution in [-0.2, 0) is 4.79 Å². The highest BCUT2D eigenvalue weighted by atomic mass is 16.2. The predicted octanol–water partition coefficient (Wildman–Crippen LogP) is 0.914. The number of carbonyl (C=O) groups is 1. The van der Waals surface area contributed by atoms with E-state index in [2.05, 4.69) is 23.8 Å². The Kier molecular flexibility index (Phi) is 4.62. The molecule has 0 aromatic carbocycles. The zero-order valence-electron chi connectivity index (χ0n) is 11.8. The summed E-state index contributed by atoms with van der Waals surface area (Å²) < 4.78 is 0. The van der Waals surface area contributed by atoms with Crippen LogP contribution in [0.1, 0.15) is 32.6 Å². The molecule has 0 radical (unpaired) electrons. The Labute approximate surface area is 110 Å². The van der Waals surface area contributed by atoms with E-state index < -0.39 is 0 Å². The standard InChI is InChI=1S/C14H27N3O/c1-11-10-12(15)4-5-13(11)14(18)17-7-3-6-16(2)8-9-17/h11-13H,3-10,15H2,1-2H3. The first-order chi connectivity index (χ1) is 8.58. The van der Waals surface area contributed by atoms with Gasteiger partial charge in [-0.25, -0.2) is 0 Å². The minimum absolute atomic E-state index is 0.216. The number of hydrogen-bond donors (Lipinski definition) is 1. The zero-order valence-corrected chi connectivity index (χ0v) is 11.8. The molecule has 2 N–H and O–H groups in total. The molecule has 1 amide bonds. The Morgan fingerprint density at radius 2 is 1.94 bits per heavy atom. The quantitative estimate of drug-likeness (QED) is 0.756. The van der Waals surface area contributed by atoms with E-state index in [1.807, 2.05) is 0 Å². The summed E-state index contributed by atoms with van der Waals surface area (Å²) in [4.78, 5) is 17.0. The van der Waals surface area contributed by atoms with Crippen molar-refractivity contribution in [2.75, 3.05) is 33.2 Å². The Morgan fingerprint density at radius 1 is 1.17 bits per heavy atom. The first-order valence-electron chi connectivity index (χ1n) is 7.31. The Balaban J connectivity index is 1.93. The molecule has 1 aliphatic carbocycles. The van der Waals surface area contributed by atoms with E-state index in [0.717, 1.165) is 51.9 Å². The smallest absolute Gasteiger partial charge is 0.225 e. The van der Waals surface area contributed by atoms with Crippen molar-refractivity contribution in [3.05, 3.63) is 0 Å². The van der Waals surface area contributed by atoms with Crippen LogP contribution < -0.4 is 5.73 Å². The lowest BCUT2D eigenvalue weighted by Crippen LogP contribution is -2.44. The average Bonchev–Trinajstić information content (AvgIpc) is 2.53. The first kappa shape index (κ1) is 13.8. The lowest BCUT2D eigenvalue weighted by atomic mass is 9.77. The van der Waals surface area contributed by atoms with Crippen LogP contribution in [-0.4, -0.2) is 55.0 Å². The molecule has 2 aliphatic rings. The van der Waals surface area contributed by atoms with Crippen LogP contribution in [0.3, 0.4) is 0 Å². The lowest BCUT2D eigenvalue weighted by Gasteiger charge is -2.35. The maximum atomic E-state index is 12.6. The highest BCUT2D eigenvalue weighted by Crippen LogP contribution is 2.30. The minimum Gasteiger partial charge on any atom is -0.341 e.